The SMILES string of the molecule is CC(C)c1ccc(C(=O)NNC(=O)CN2C(=O)COc3ccccc32)cc1. The van der Waals surface area contributed by atoms with E-state index in [0.29, 0.717) is 22.9 Å². The number of benzene rings is 2. The van der Waals surface area contributed by atoms with Gasteiger partial charge in [-0.3, -0.25) is 30.1 Å². The number of carbonyl (C=O) groups excluding carboxylic acids is 3. The van der Waals surface area contributed by atoms with Crippen LogP contribution in [0.15, 0.2) is 48.5 Å². The van der Waals surface area contributed by atoms with E-state index in [9.17, 15) is 14.4 Å². The van der Waals surface area contributed by atoms with Gasteiger partial charge < -0.3 is 4.74 Å². The maximum atomic E-state index is 12.2. The molecule has 0 fully saturated rings. The van der Waals surface area contributed by atoms with Crippen molar-refractivity contribution >= 4 is 23.4 Å². The van der Waals surface area contributed by atoms with E-state index in [-0.39, 0.29) is 19.1 Å². The van der Waals surface area contributed by atoms with Crippen LogP contribution in [0.25, 0.3) is 0 Å². The third-order valence-electron chi connectivity index (χ3n) is 4.26. The smallest absolute Gasteiger partial charge is 0.269 e. The summed E-state index contributed by atoms with van der Waals surface area (Å²) in [5.74, 6) is -0.339. The Hall–Kier alpha value is -3.35. The summed E-state index contributed by atoms with van der Waals surface area (Å²) in [5.41, 5.74) is 6.80. The van der Waals surface area contributed by atoms with E-state index in [2.05, 4.69) is 24.7 Å². The number of nitrogens with one attached hydrogen (secondary N) is 2. The van der Waals surface area contributed by atoms with Crippen LogP contribution >= 0.6 is 0 Å². The van der Waals surface area contributed by atoms with Gasteiger partial charge in [-0.1, -0.05) is 38.1 Å². The minimum Gasteiger partial charge on any atom is -0.482 e. The molecule has 2 N–H and O–H groups in total. The first-order valence-corrected chi connectivity index (χ1v) is 8.67. The Morgan fingerprint density at radius 3 is 2.48 bits per heavy atom. The molecule has 140 valence electrons. The molecule has 0 aliphatic carbocycles. The standard InChI is InChI=1S/C20H21N3O4/c1-13(2)14-7-9-15(10-8-14)20(26)22-21-18(24)11-23-16-5-3-4-6-17(16)27-12-19(23)25/h3-10,13H,11-12H2,1-2H3,(H,21,24)(H,22,26). The van der Waals surface area contributed by atoms with Crippen LogP contribution in [0.4, 0.5) is 5.69 Å². The van der Waals surface area contributed by atoms with Crippen LogP contribution in [-0.2, 0) is 9.59 Å². The summed E-state index contributed by atoms with van der Waals surface area (Å²) in [6.45, 7) is 3.80. The molecular weight excluding hydrogens is 346 g/mol. The zero-order valence-corrected chi connectivity index (χ0v) is 15.2. The second-order valence-electron chi connectivity index (χ2n) is 6.52. The van der Waals surface area contributed by atoms with Crippen LogP contribution in [-0.4, -0.2) is 30.9 Å². The molecule has 27 heavy (non-hydrogen) atoms. The molecular formula is C20H21N3O4. The third kappa shape index (κ3) is 4.25. The molecule has 0 bridgehead atoms. The van der Waals surface area contributed by atoms with Gasteiger partial charge in [-0.15, -0.1) is 0 Å². The van der Waals surface area contributed by atoms with Crippen LogP contribution in [0, 0.1) is 0 Å². The monoisotopic (exact) mass is 367 g/mol. The third-order valence-corrected chi connectivity index (χ3v) is 4.26. The fraction of sp³-hybridized carbons (Fsp3) is 0.250. The van der Waals surface area contributed by atoms with E-state index >= 15 is 0 Å². The summed E-state index contributed by atoms with van der Waals surface area (Å²) in [4.78, 5) is 37.7. The number of rotatable bonds is 4. The van der Waals surface area contributed by atoms with E-state index < -0.39 is 11.8 Å². The molecule has 0 aromatic heterocycles. The predicted molar refractivity (Wildman–Crippen MR) is 100 cm³/mol. The van der Waals surface area contributed by atoms with Gasteiger partial charge in [0.2, 0.25) is 0 Å². The summed E-state index contributed by atoms with van der Waals surface area (Å²) in [6.07, 6.45) is 0. The molecule has 0 spiro atoms. The molecule has 0 saturated heterocycles. The molecule has 0 saturated carbocycles. The van der Waals surface area contributed by atoms with Crippen molar-refractivity contribution in [1.82, 2.24) is 10.9 Å². The molecule has 7 heteroatoms. The Kier molecular flexibility index (Phi) is 5.40. The van der Waals surface area contributed by atoms with Gasteiger partial charge in [0.1, 0.15) is 12.3 Å². The van der Waals surface area contributed by atoms with E-state index in [1.807, 2.05) is 12.1 Å². The van der Waals surface area contributed by atoms with E-state index in [1.165, 1.54) is 4.90 Å². The molecule has 3 amide bonds. The number of ether oxygens (including phenoxy) is 1. The largest absolute Gasteiger partial charge is 0.482 e. The van der Waals surface area contributed by atoms with Crippen molar-refractivity contribution in [2.24, 2.45) is 0 Å². The van der Waals surface area contributed by atoms with Crippen molar-refractivity contribution in [2.75, 3.05) is 18.1 Å². The van der Waals surface area contributed by atoms with Crippen LogP contribution < -0.4 is 20.5 Å². The maximum absolute atomic E-state index is 12.2. The number of carbonyl (C=O) groups is 3. The Bertz CT molecular complexity index is 862. The van der Waals surface area contributed by atoms with Crippen molar-refractivity contribution in [1.29, 1.82) is 0 Å². The lowest BCUT2D eigenvalue weighted by Crippen LogP contribution is -2.49. The van der Waals surface area contributed by atoms with Crippen molar-refractivity contribution in [3.05, 3.63) is 59.7 Å². The number of para-hydroxylation sites is 2. The first kappa shape index (κ1) is 18.4. The highest BCUT2D eigenvalue weighted by Crippen LogP contribution is 2.31. The van der Waals surface area contributed by atoms with Crippen molar-refractivity contribution < 1.29 is 19.1 Å². The minimum absolute atomic E-state index is 0.126. The zero-order chi connectivity index (χ0) is 19.4. The number of anilines is 1. The number of fused-ring (bicyclic) bond motifs is 1. The number of hydrazine groups is 1. The Labute approximate surface area is 157 Å². The van der Waals surface area contributed by atoms with E-state index in [4.69, 9.17) is 4.74 Å². The average Bonchev–Trinajstić information content (AvgIpc) is 2.68. The highest BCUT2D eigenvalue weighted by molar-refractivity contribution is 6.02. The maximum Gasteiger partial charge on any atom is 0.269 e. The summed E-state index contributed by atoms with van der Waals surface area (Å²) < 4.78 is 5.34. The molecule has 7 nitrogen and oxygen atoms in total. The molecule has 0 atom stereocenters. The minimum atomic E-state index is -0.507. The second kappa shape index (κ2) is 7.90. The van der Waals surface area contributed by atoms with Crippen LogP contribution in [0.2, 0.25) is 0 Å². The van der Waals surface area contributed by atoms with Gasteiger partial charge in [0.25, 0.3) is 17.7 Å². The quantitative estimate of drug-likeness (QED) is 0.809. The highest BCUT2D eigenvalue weighted by atomic mass is 16.5. The summed E-state index contributed by atoms with van der Waals surface area (Å²) in [7, 11) is 0. The van der Waals surface area contributed by atoms with Gasteiger partial charge >= 0.3 is 0 Å². The lowest BCUT2D eigenvalue weighted by molar-refractivity contribution is -0.125. The fourth-order valence-electron chi connectivity index (χ4n) is 2.73. The molecule has 1 aliphatic heterocycles. The number of amides is 3. The highest BCUT2D eigenvalue weighted by Gasteiger charge is 2.27. The lowest BCUT2D eigenvalue weighted by atomic mass is 10.0. The second-order valence-corrected chi connectivity index (χ2v) is 6.52. The zero-order valence-electron chi connectivity index (χ0n) is 15.2. The van der Waals surface area contributed by atoms with E-state index in [0.717, 1.165) is 5.56 Å². The Morgan fingerprint density at radius 1 is 1.07 bits per heavy atom. The van der Waals surface area contributed by atoms with Gasteiger partial charge in [-0.2, -0.15) is 0 Å². The molecule has 0 unspecified atom stereocenters. The van der Waals surface area contributed by atoms with Gasteiger partial charge in [-0.05, 0) is 35.7 Å². The topological polar surface area (TPSA) is 87.7 Å². The van der Waals surface area contributed by atoms with Gasteiger partial charge in [0, 0.05) is 5.56 Å². The van der Waals surface area contributed by atoms with Gasteiger partial charge in [0.05, 0.1) is 5.69 Å². The molecule has 3 rings (SSSR count). The first-order chi connectivity index (χ1) is 13.0. The summed E-state index contributed by atoms with van der Waals surface area (Å²) in [5, 5.41) is 0. The number of hydrogen-bond acceptors (Lipinski definition) is 4. The van der Waals surface area contributed by atoms with E-state index in [1.54, 1.807) is 36.4 Å². The lowest BCUT2D eigenvalue weighted by Gasteiger charge is -2.28. The van der Waals surface area contributed by atoms with Crippen molar-refractivity contribution in [2.45, 2.75) is 19.8 Å². The van der Waals surface area contributed by atoms with Gasteiger partial charge in [0.15, 0.2) is 6.61 Å². The summed E-state index contributed by atoms with van der Waals surface area (Å²) in [6, 6.07) is 14.2. The molecule has 1 heterocycles. The number of nitrogens with zero attached hydrogens (tertiary/aromatic N) is 1. The molecule has 2 aromatic rings. The Balaban J connectivity index is 1.58. The van der Waals surface area contributed by atoms with Gasteiger partial charge in [-0.25, -0.2) is 0 Å². The van der Waals surface area contributed by atoms with Crippen molar-refractivity contribution in [3.63, 3.8) is 0 Å². The van der Waals surface area contributed by atoms with Crippen LogP contribution in [0.5, 0.6) is 5.75 Å². The molecule has 1 aliphatic rings. The molecule has 2 aromatic carbocycles. The normalized spacial score (nSPS) is 13.0. The summed E-state index contributed by atoms with van der Waals surface area (Å²) >= 11 is 0. The van der Waals surface area contributed by atoms with Crippen molar-refractivity contribution in [3.8, 4) is 5.75 Å². The van der Waals surface area contributed by atoms with Crippen LogP contribution in [0.1, 0.15) is 35.7 Å². The molecule has 0 radical (unpaired) electrons. The predicted octanol–water partition coefficient (Wildman–Crippen LogP) is 2.00. The average molecular weight is 367 g/mol. The first-order valence-electron chi connectivity index (χ1n) is 8.67. The van der Waals surface area contributed by atoms with Crippen LogP contribution in [0.3, 0.4) is 0 Å². The fourth-order valence-corrected chi connectivity index (χ4v) is 2.73. The number of hydrogen-bond donors (Lipinski definition) is 2. The Morgan fingerprint density at radius 2 is 1.78 bits per heavy atom.